The lowest BCUT2D eigenvalue weighted by Gasteiger charge is -2.37. The average molecular weight is 266 g/mol. The zero-order chi connectivity index (χ0) is 14.1. The number of fused-ring (bicyclic) bond motifs is 1. The van der Waals surface area contributed by atoms with Crippen LogP contribution in [0, 0.1) is 17.1 Å². The number of halogens is 1. The van der Waals surface area contributed by atoms with E-state index in [1.807, 2.05) is 29.2 Å². The zero-order valence-electron chi connectivity index (χ0n) is 11.3. The van der Waals surface area contributed by atoms with Crippen molar-refractivity contribution in [1.82, 2.24) is 0 Å². The van der Waals surface area contributed by atoms with Gasteiger partial charge in [0.05, 0.1) is 17.3 Å². The maximum absolute atomic E-state index is 14.3. The predicted octanol–water partition coefficient (Wildman–Crippen LogP) is 4.17. The average Bonchev–Trinajstić information content (AvgIpc) is 2.48. The van der Waals surface area contributed by atoms with Crippen molar-refractivity contribution in [2.75, 3.05) is 4.90 Å². The van der Waals surface area contributed by atoms with E-state index in [9.17, 15) is 4.39 Å². The highest BCUT2D eigenvalue weighted by atomic mass is 19.1. The van der Waals surface area contributed by atoms with Gasteiger partial charge < -0.3 is 4.90 Å². The molecule has 3 heteroatoms. The van der Waals surface area contributed by atoms with Gasteiger partial charge in [0, 0.05) is 11.7 Å². The molecule has 1 aliphatic heterocycles. The van der Waals surface area contributed by atoms with Crippen LogP contribution in [-0.2, 0) is 6.42 Å². The monoisotopic (exact) mass is 266 g/mol. The van der Waals surface area contributed by atoms with Crippen molar-refractivity contribution in [3.05, 3.63) is 59.4 Å². The Morgan fingerprint density at radius 1 is 1.20 bits per heavy atom. The molecule has 2 nitrogen and oxygen atoms in total. The van der Waals surface area contributed by atoms with Gasteiger partial charge in [0.2, 0.25) is 0 Å². The number of para-hydroxylation sites is 1. The first kappa shape index (κ1) is 12.7. The van der Waals surface area contributed by atoms with E-state index in [1.165, 1.54) is 11.6 Å². The molecule has 0 bridgehead atoms. The molecule has 0 saturated heterocycles. The molecule has 1 heterocycles. The standard InChI is InChI=1S/C17H15FN2/c1-12-6-8-14-4-2-3-5-16(14)20(12)17-9-7-13(11-19)10-15(17)18/h2-5,7,9-10,12H,6,8H2,1H3. The highest BCUT2D eigenvalue weighted by Gasteiger charge is 2.25. The van der Waals surface area contributed by atoms with Crippen LogP contribution in [0.4, 0.5) is 15.8 Å². The lowest BCUT2D eigenvalue weighted by atomic mass is 9.95. The molecule has 100 valence electrons. The van der Waals surface area contributed by atoms with Crippen LogP contribution in [0.5, 0.6) is 0 Å². The lowest BCUT2D eigenvalue weighted by Crippen LogP contribution is -2.33. The summed E-state index contributed by atoms with van der Waals surface area (Å²) in [7, 11) is 0. The number of aryl methyl sites for hydroxylation is 1. The van der Waals surface area contributed by atoms with E-state index in [0.717, 1.165) is 18.5 Å². The first-order chi connectivity index (χ1) is 9.70. The highest BCUT2D eigenvalue weighted by molar-refractivity contribution is 5.69. The summed E-state index contributed by atoms with van der Waals surface area (Å²) in [6, 6.07) is 15.0. The molecule has 1 unspecified atom stereocenters. The summed E-state index contributed by atoms with van der Waals surface area (Å²) in [5.41, 5.74) is 3.21. The van der Waals surface area contributed by atoms with Crippen LogP contribution in [0.2, 0.25) is 0 Å². The molecule has 20 heavy (non-hydrogen) atoms. The van der Waals surface area contributed by atoms with Crippen LogP contribution in [0.1, 0.15) is 24.5 Å². The Balaban J connectivity index is 2.12. The van der Waals surface area contributed by atoms with E-state index in [0.29, 0.717) is 11.3 Å². The number of nitrogens with zero attached hydrogens (tertiary/aromatic N) is 2. The summed E-state index contributed by atoms with van der Waals surface area (Å²) in [6.45, 7) is 2.10. The molecular weight excluding hydrogens is 251 g/mol. The third-order valence-corrected chi connectivity index (χ3v) is 3.86. The summed E-state index contributed by atoms with van der Waals surface area (Å²) in [4.78, 5) is 2.04. The van der Waals surface area contributed by atoms with Gasteiger partial charge in [-0.1, -0.05) is 18.2 Å². The first-order valence-corrected chi connectivity index (χ1v) is 6.77. The summed E-state index contributed by atoms with van der Waals surface area (Å²) in [5.74, 6) is -0.340. The molecule has 0 amide bonds. The van der Waals surface area contributed by atoms with Gasteiger partial charge >= 0.3 is 0 Å². The van der Waals surface area contributed by atoms with Gasteiger partial charge in [-0.3, -0.25) is 0 Å². The molecule has 0 aromatic heterocycles. The molecule has 1 atom stereocenters. The molecule has 0 saturated carbocycles. The van der Waals surface area contributed by atoms with Gasteiger partial charge in [-0.15, -0.1) is 0 Å². The normalized spacial score (nSPS) is 17.4. The third-order valence-electron chi connectivity index (χ3n) is 3.86. The minimum atomic E-state index is -0.340. The third kappa shape index (κ3) is 2.04. The van der Waals surface area contributed by atoms with Gasteiger partial charge in [0.15, 0.2) is 0 Å². The van der Waals surface area contributed by atoms with Crippen LogP contribution in [0.25, 0.3) is 0 Å². The maximum atomic E-state index is 14.3. The SMILES string of the molecule is CC1CCc2ccccc2N1c1ccc(C#N)cc1F. The zero-order valence-corrected chi connectivity index (χ0v) is 11.3. The van der Waals surface area contributed by atoms with E-state index in [-0.39, 0.29) is 11.9 Å². The molecule has 1 aliphatic rings. The van der Waals surface area contributed by atoms with Crippen molar-refractivity contribution in [2.24, 2.45) is 0 Å². The van der Waals surface area contributed by atoms with Gasteiger partial charge in [-0.05, 0) is 49.6 Å². The number of anilines is 2. The molecule has 0 spiro atoms. The number of rotatable bonds is 1. The molecule has 0 fully saturated rings. The summed E-state index contributed by atoms with van der Waals surface area (Å²) < 4.78 is 14.3. The van der Waals surface area contributed by atoms with Gasteiger partial charge in [-0.2, -0.15) is 5.26 Å². The first-order valence-electron chi connectivity index (χ1n) is 6.77. The minimum Gasteiger partial charge on any atom is -0.336 e. The van der Waals surface area contributed by atoms with Crippen LogP contribution in [-0.4, -0.2) is 6.04 Å². The van der Waals surface area contributed by atoms with E-state index in [4.69, 9.17) is 5.26 Å². The Kier molecular flexibility index (Phi) is 3.15. The topological polar surface area (TPSA) is 27.0 Å². The molecule has 0 radical (unpaired) electrons. The number of hydrogen-bond acceptors (Lipinski definition) is 2. The molecule has 0 aliphatic carbocycles. The summed E-state index contributed by atoms with van der Waals surface area (Å²) in [5, 5.41) is 8.84. The lowest BCUT2D eigenvalue weighted by molar-refractivity contribution is 0.584. The van der Waals surface area contributed by atoms with E-state index in [2.05, 4.69) is 13.0 Å². The quantitative estimate of drug-likeness (QED) is 0.774. The Bertz CT molecular complexity index is 688. The van der Waals surface area contributed by atoms with Crippen molar-refractivity contribution in [2.45, 2.75) is 25.8 Å². The Hall–Kier alpha value is -2.34. The smallest absolute Gasteiger partial charge is 0.148 e. The van der Waals surface area contributed by atoms with E-state index >= 15 is 0 Å². The van der Waals surface area contributed by atoms with Gasteiger partial charge in [-0.25, -0.2) is 4.39 Å². The molecule has 2 aromatic rings. The van der Waals surface area contributed by atoms with Gasteiger partial charge in [0.1, 0.15) is 5.82 Å². The van der Waals surface area contributed by atoms with Crippen molar-refractivity contribution < 1.29 is 4.39 Å². The fourth-order valence-corrected chi connectivity index (χ4v) is 2.83. The summed E-state index contributed by atoms with van der Waals surface area (Å²) >= 11 is 0. The van der Waals surface area contributed by atoms with Crippen LogP contribution in [0.3, 0.4) is 0 Å². The van der Waals surface area contributed by atoms with Crippen LogP contribution in [0.15, 0.2) is 42.5 Å². The largest absolute Gasteiger partial charge is 0.336 e. The van der Waals surface area contributed by atoms with E-state index < -0.39 is 0 Å². The summed E-state index contributed by atoms with van der Waals surface area (Å²) in [6.07, 6.45) is 2.02. The van der Waals surface area contributed by atoms with Gasteiger partial charge in [0.25, 0.3) is 0 Å². The Labute approximate surface area is 118 Å². The number of benzene rings is 2. The predicted molar refractivity (Wildman–Crippen MR) is 77.5 cm³/mol. The second-order valence-electron chi connectivity index (χ2n) is 5.16. The number of nitriles is 1. The maximum Gasteiger partial charge on any atom is 0.148 e. The minimum absolute atomic E-state index is 0.243. The highest BCUT2D eigenvalue weighted by Crippen LogP contribution is 2.37. The van der Waals surface area contributed by atoms with Crippen LogP contribution >= 0.6 is 0 Å². The molecule has 0 N–H and O–H groups in total. The van der Waals surface area contributed by atoms with E-state index in [1.54, 1.807) is 12.1 Å². The van der Waals surface area contributed by atoms with Crippen molar-refractivity contribution in [3.8, 4) is 6.07 Å². The van der Waals surface area contributed by atoms with Crippen molar-refractivity contribution in [1.29, 1.82) is 5.26 Å². The Morgan fingerprint density at radius 3 is 2.75 bits per heavy atom. The van der Waals surface area contributed by atoms with Crippen molar-refractivity contribution >= 4 is 11.4 Å². The fourth-order valence-electron chi connectivity index (χ4n) is 2.83. The number of hydrogen-bond donors (Lipinski definition) is 0. The molecular formula is C17H15FN2. The van der Waals surface area contributed by atoms with Crippen LogP contribution < -0.4 is 4.90 Å². The van der Waals surface area contributed by atoms with Crippen molar-refractivity contribution in [3.63, 3.8) is 0 Å². The molecule has 3 rings (SSSR count). The molecule has 2 aromatic carbocycles. The fraction of sp³-hybridized carbons (Fsp3) is 0.235. The second-order valence-corrected chi connectivity index (χ2v) is 5.16. The second kappa shape index (κ2) is 4.97. The Morgan fingerprint density at radius 2 is 2.00 bits per heavy atom.